The van der Waals surface area contributed by atoms with Gasteiger partial charge in [-0.25, -0.2) is 0 Å². The van der Waals surface area contributed by atoms with Gasteiger partial charge in [0.1, 0.15) is 12.4 Å². The van der Waals surface area contributed by atoms with E-state index in [9.17, 15) is 0 Å². The maximum absolute atomic E-state index is 5.70. The molecule has 1 aliphatic heterocycles. The monoisotopic (exact) mass is 292 g/mol. The van der Waals surface area contributed by atoms with Gasteiger partial charge in [0.15, 0.2) is 0 Å². The number of rotatable bonds is 8. The molecule has 0 aliphatic carbocycles. The van der Waals surface area contributed by atoms with E-state index in [1.165, 1.54) is 18.5 Å². The van der Waals surface area contributed by atoms with E-state index in [0.717, 1.165) is 45.0 Å². The maximum atomic E-state index is 5.70. The third-order valence-electron chi connectivity index (χ3n) is 3.68. The van der Waals surface area contributed by atoms with Crippen molar-refractivity contribution in [2.45, 2.75) is 26.2 Å². The topological polar surface area (TPSA) is 33.7 Å². The normalized spacial score (nSPS) is 15.8. The summed E-state index contributed by atoms with van der Waals surface area (Å²) in [4.78, 5) is 2.43. The highest BCUT2D eigenvalue weighted by Crippen LogP contribution is 2.20. The molecule has 0 saturated carbocycles. The zero-order chi connectivity index (χ0) is 14.8. The van der Waals surface area contributed by atoms with E-state index in [4.69, 9.17) is 9.47 Å². The van der Waals surface area contributed by atoms with Crippen molar-refractivity contribution in [3.63, 3.8) is 0 Å². The lowest BCUT2D eigenvalue weighted by molar-refractivity contribution is 0.0981. The zero-order valence-corrected chi connectivity index (χ0v) is 13.1. The van der Waals surface area contributed by atoms with Crippen LogP contribution in [-0.4, -0.2) is 46.0 Å². The first kappa shape index (κ1) is 16.1. The van der Waals surface area contributed by atoms with Crippen molar-refractivity contribution in [1.29, 1.82) is 0 Å². The van der Waals surface area contributed by atoms with Crippen molar-refractivity contribution in [1.82, 2.24) is 5.32 Å². The number of nitrogens with one attached hydrogen (secondary N) is 1. The Labute approximate surface area is 128 Å². The van der Waals surface area contributed by atoms with Gasteiger partial charge in [-0.15, -0.1) is 0 Å². The summed E-state index contributed by atoms with van der Waals surface area (Å²) >= 11 is 0. The molecule has 21 heavy (non-hydrogen) atoms. The molecule has 118 valence electrons. The van der Waals surface area contributed by atoms with E-state index < -0.39 is 0 Å². The molecule has 2 rings (SSSR count). The largest absolute Gasteiger partial charge is 0.491 e. The standard InChI is InChI=1S/C17H28N2O2/c1-2-3-13-20-14-15-21-17-7-5-16(6-8-17)19-11-4-9-18-10-12-19/h5-8,18H,2-4,9-15H2,1H3. The molecule has 1 saturated heterocycles. The first-order valence-electron chi connectivity index (χ1n) is 8.16. The number of benzene rings is 1. The van der Waals surface area contributed by atoms with Gasteiger partial charge >= 0.3 is 0 Å². The van der Waals surface area contributed by atoms with Gasteiger partial charge in [-0.3, -0.25) is 0 Å². The van der Waals surface area contributed by atoms with E-state index in [2.05, 4.69) is 41.4 Å². The summed E-state index contributed by atoms with van der Waals surface area (Å²) in [6, 6.07) is 8.41. The highest BCUT2D eigenvalue weighted by molar-refractivity contribution is 5.49. The van der Waals surface area contributed by atoms with E-state index in [0.29, 0.717) is 13.2 Å². The second-order valence-electron chi connectivity index (χ2n) is 5.40. The molecule has 1 aromatic rings. The lowest BCUT2D eigenvalue weighted by atomic mass is 10.2. The minimum absolute atomic E-state index is 0.622. The second-order valence-corrected chi connectivity index (χ2v) is 5.40. The second kappa shape index (κ2) is 9.64. The molecule has 1 fully saturated rings. The van der Waals surface area contributed by atoms with Gasteiger partial charge in [-0.05, 0) is 43.7 Å². The van der Waals surface area contributed by atoms with Crippen LogP contribution in [0.5, 0.6) is 5.75 Å². The molecule has 0 unspecified atom stereocenters. The Morgan fingerprint density at radius 3 is 2.71 bits per heavy atom. The molecule has 0 bridgehead atoms. The van der Waals surface area contributed by atoms with Crippen LogP contribution in [0.25, 0.3) is 0 Å². The first-order valence-corrected chi connectivity index (χ1v) is 8.16. The van der Waals surface area contributed by atoms with Crippen LogP contribution in [0, 0.1) is 0 Å². The molecule has 0 amide bonds. The average molecular weight is 292 g/mol. The fraction of sp³-hybridized carbons (Fsp3) is 0.647. The summed E-state index contributed by atoms with van der Waals surface area (Å²) in [5.41, 5.74) is 1.28. The lowest BCUT2D eigenvalue weighted by Crippen LogP contribution is -2.27. The fourth-order valence-corrected chi connectivity index (χ4v) is 2.42. The summed E-state index contributed by atoms with van der Waals surface area (Å²) in [7, 11) is 0. The van der Waals surface area contributed by atoms with Crippen LogP contribution >= 0.6 is 0 Å². The first-order chi connectivity index (χ1) is 10.4. The Bertz CT molecular complexity index is 373. The van der Waals surface area contributed by atoms with Crippen molar-refractivity contribution in [2.75, 3.05) is 50.9 Å². The van der Waals surface area contributed by atoms with E-state index in [-0.39, 0.29) is 0 Å². The quantitative estimate of drug-likeness (QED) is 0.747. The molecule has 4 nitrogen and oxygen atoms in total. The van der Waals surface area contributed by atoms with Gasteiger partial charge in [0.2, 0.25) is 0 Å². The van der Waals surface area contributed by atoms with Crippen molar-refractivity contribution < 1.29 is 9.47 Å². The van der Waals surface area contributed by atoms with Gasteiger partial charge in [-0.2, -0.15) is 0 Å². The molecular formula is C17H28N2O2. The molecular weight excluding hydrogens is 264 g/mol. The van der Waals surface area contributed by atoms with E-state index >= 15 is 0 Å². The van der Waals surface area contributed by atoms with Gasteiger partial charge in [0.05, 0.1) is 6.61 Å². The molecule has 1 aliphatic rings. The van der Waals surface area contributed by atoms with Crippen molar-refractivity contribution in [2.24, 2.45) is 0 Å². The Hall–Kier alpha value is -1.26. The number of hydrogen-bond acceptors (Lipinski definition) is 4. The highest BCUT2D eigenvalue weighted by atomic mass is 16.5. The average Bonchev–Trinajstić information content (AvgIpc) is 2.81. The van der Waals surface area contributed by atoms with Crippen LogP contribution in [0.2, 0.25) is 0 Å². The van der Waals surface area contributed by atoms with Crippen molar-refractivity contribution in [3.05, 3.63) is 24.3 Å². The number of anilines is 1. The molecule has 4 heteroatoms. The molecule has 0 atom stereocenters. The van der Waals surface area contributed by atoms with Crippen LogP contribution in [0.1, 0.15) is 26.2 Å². The third-order valence-corrected chi connectivity index (χ3v) is 3.68. The number of hydrogen-bond donors (Lipinski definition) is 1. The smallest absolute Gasteiger partial charge is 0.119 e. The Morgan fingerprint density at radius 2 is 1.90 bits per heavy atom. The van der Waals surface area contributed by atoms with Crippen LogP contribution in [0.3, 0.4) is 0 Å². The minimum atomic E-state index is 0.622. The number of unbranched alkanes of at least 4 members (excludes halogenated alkanes) is 1. The molecule has 1 N–H and O–H groups in total. The van der Waals surface area contributed by atoms with Gasteiger partial charge in [0, 0.05) is 31.9 Å². The van der Waals surface area contributed by atoms with Gasteiger partial charge in [-0.1, -0.05) is 13.3 Å². The molecule has 0 spiro atoms. The van der Waals surface area contributed by atoms with Crippen LogP contribution in [0.4, 0.5) is 5.69 Å². The van der Waals surface area contributed by atoms with Crippen LogP contribution in [-0.2, 0) is 4.74 Å². The van der Waals surface area contributed by atoms with E-state index in [1.807, 2.05) is 0 Å². The van der Waals surface area contributed by atoms with Crippen molar-refractivity contribution in [3.8, 4) is 5.75 Å². The highest BCUT2D eigenvalue weighted by Gasteiger charge is 2.09. The Morgan fingerprint density at radius 1 is 1.05 bits per heavy atom. The summed E-state index contributed by atoms with van der Waals surface area (Å²) in [6.07, 6.45) is 3.50. The number of nitrogens with zero attached hydrogens (tertiary/aromatic N) is 1. The van der Waals surface area contributed by atoms with Crippen LogP contribution < -0.4 is 15.0 Å². The predicted octanol–water partition coefficient (Wildman–Crippen LogP) is 2.68. The SMILES string of the molecule is CCCCOCCOc1ccc(N2CCCNCC2)cc1. The summed E-state index contributed by atoms with van der Waals surface area (Å²) in [5.74, 6) is 0.922. The summed E-state index contributed by atoms with van der Waals surface area (Å²) in [5, 5.41) is 3.43. The maximum Gasteiger partial charge on any atom is 0.119 e. The lowest BCUT2D eigenvalue weighted by Gasteiger charge is -2.22. The van der Waals surface area contributed by atoms with Crippen LogP contribution in [0.15, 0.2) is 24.3 Å². The summed E-state index contributed by atoms with van der Waals surface area (Å²) < 4.78 is 11.2. The predicted molar refractivity (Wildman–Crippen MR) is 87.4 cm³/mol. The summed E-state index contributed by atoms with van der Waals surface area (Å²) in [6.45, 7) is 8.67. The minimum Gasteiger partial charge on any atom is -0.491 e. The van der Waals surface area contributed by atoms with Crippen molar-refractivity contribution >= 4 is 5.69 Å². The zero-order valence-electron chi connectivity index (χ0n) is 13.1. The Balaban J connectivity index is 1.71. The third kappa shape index (κ3) is 5.94. The van der Waals surface area contributed by atoms with E-state index in [1.54, 1.807) is 0 Å². The fourth-order valence-electron chi connectivity index (χ4n) is 2.42. The molecule has 1 heterocycles. The Kier molecular flexibility index (Phi) is 7.39. The molecule has 1 aromatic carbocycles. The van der Waals surface area contributed by atoms with Gasteiger partial charge in [0.25, 0.3) is 0 Å². The molecule has 0 radical (unpaired) electrons. The number of ether oxygens (including phenoxy) is 2. The molecule has 0 aromatic heterocycles. The van der Waals surface area contributed by atoms with Gasteiger partial charge < -0.3 is 19.7 Å².